The van der Waals surface area contributed by atoms with Crippen molar-refractivity contribution in [2.75, 3.05) is 19.6 Å². The molecule has 2 nitrogen and oxygen atoms in total. The lowest BCUT2D eigenvalue weighted by Gasteiger charge is -2.38. The van der Waals surface area contributed by atoms with Crippen molar-refractivity contribution < 1.29 is 0 Å². The van der Waals surface area contributed by atoms with Gasteiger partial charge in [-0.05, 0) is 45.1 Å². The fourth-order valence-electron chi connectivity index (χ4n) is 3.28. The van der Waals surface area contributed by atoms with Crippen molar-refractivity contribution in [3.05, 3.63) is 0 Å². The van der Waals surface area contributed by atoms with Crippen LogP contribution in [0.15, 0.2) is 0 Å². The van der Waals surface area contributed by atoms with Crippen LogP contribution in [0.4, 0.5) is 0 Å². The Morgan fingerprint density at radius 3 is 2.50 bits per heavy atom. The zero-order valence-electron chi connectivity index (χ0n) is 13.3. The van der Waals surface area contributed by atoms with Crippen LogP contribution in [0.5, 0.6) is 0 Å². The summed E-state index contributed by atoms with van der Waals surface area (Å²) in [6.07, 6.45) is 6.46. The van der Waals surface area contributed by atoms with Gasteiger partial charge in [0.05, 0.1) is 0 Å². The molecule has 0 radical (unpaired) electrons. The first-order valence-corrected chi connectivity index (χ1v) is 8.06. The second-order valence-electron chi connectivity index (χ2n) is 6.38. The Morgan fingerprint density at radius 2 is 1.94 bits per heavy atom. The van der Waals surface area contributed by atoms with Gasteiger partial charge in [0.25, 0.3) is 0 Å². The van der Waals surface area contributed by atoms with Crippen molar-refractivity contribution in [3.63, 3.8) is 0 Å². The summed E-state index contributed by atoms with van der Waals surface area (Å²) in [6, 6.07) is 0.733. The minimum absolute atomic E-state index is 0.358. The van der Waals surface area contributed by atoms with Crippen LogP contribution in [0.3, 0.4) is 0 Å². The molecule has 108 valence electrons. The number of hydrogen-bond donors (Lipinski definition) is 1. The molecule has 1 aliphatic heterocycles. The quantitative estimate of drug-likeness (QED) is 0.778. The monoisotopic (exact) mass is 254 g/mol. The first-order chi connectivity index (χ1) is 8.56. The molecule has 1 heterocycles. The van der Waals surface area contributed by atoms with E-state index < -0.39 is 0 Å². The van der Waals surface area contributed by atoms with E-state index >= 15 is 0 Å². The summed E-state index contributed by atoms with van der Waals surface area (Å²) in [6.45, 7) is 15.5. The molecule has 0 aromatic carbocycles. The number of nitrogens with zero attached hydrogens (tertiary/aromatic N) is 1. The normalized spacial score (nSPS) is 26.8. The summed E-state index contributed by atoms with van der Waals surface area (Å²) in [5.74, 6) is 0.835. The van der Waals surface area contributed by atoms with Crippen molar-refractivity contribution in [2.45, 2.75) is 78.3 Å². The fraction of sp³-hybridized carbons (Fsp3) is 1.00. The molecule has 0 amide bonds. The van der Waals surface area contributed by atoms with Gasteiger partial charge < -0.3 is 5.32 Å². The van der Waals surface area contributed by atoms with Gasteiger partial charge >= 0.3 is 0 Å². The van der Waals surface area contributed by atoms with E-state index in [9.17, 15) is 0 Å². The predicted molar refractivity (Wildman–Crippen MR) is 81.0 cm³/mol. The Hall–Kier alpha value is -0.0800. The molecule has 1 fully saturated rings. The van der Waals surface area contributed by atoms with Crippen LogP contribution in [0.25, 0.3) is 0 Å². The Bertz CT molecular complexity index is 223. The smallest absolute Gasteiger partial charge is 0.0303 e. The lowest BCUT2D eigenvalue weighted by Crippen LogP contribution is -2.52. The maximum Gasteiger partial charge on any atom is 0.0303 e. The highest BCUT2D eigenvalue weighted by Crippen LogP contribution is 2.23. The van der Waals surface area contributed by atoms with E-state index in [4.69, 9.17) is 0 Å². The molecule has 0 spiro atoms. The molecule has 0 aliphatic carbocycles. The van der Waals surface area contributed by atoms with Gasteiger partial charge in [-0.25, -0.2) is 0 Å². The van der Waals surface area contributed by atoms with Crippen LogP contribution < -0.4 is 5.32 Å². The van der Waals surface area contributed by atoms with Gasteiger partial charge in [-0.15, -0.1) is 0 Å². The first kappa shape index (κ1) is 16.0. The van der Waals surface area contributed by atoms with Gasteiger partial charge in [-0.3, -0.25) is 4.90 Å². The SMILES string of the molecule is CCCC(C)CN1CC(CC)(CC)NCCC1C. The largest absolute Gasteiger partial charge is 0.310 e. The standard InChI is InChI=1S/C16H34N2/c1-6-9-14(4)12-18-13-16(7-2,8-3)17-11-10-15(18)5/h14-15,17H,6-13H2,1-5H3. The number of nitrogens with one attached hydrogen (secondary N) is 1. The van der Waals surface area contributed by atoms with Gasteiger partial charge in [0.2, 0.25) is 0 Å². The molecule has 1 rings (SSSR count). The summed E-state index contributed by atoms with van der Waals surface area (Å²) < 4.78 is 0. The Labute approximate surface area is 115 Å². The summed E-state index contributed by atoms with van der Waals surface area (Å²) in [7, 11) is 0. The van der Waals surface area contributed by atoms with Crippen LogP contribution in [-0.2, 0) is 0 Å². The van der Waals surface area contributed by atoms with Crippen LogP contribution in [-0.4, -0.2) is 36.1 Å². The zero-order valence-corrected chi connectivity index (χ0v) is 13.3. The van der Waals surface area contributed by atoms with Crippen molar-refractivity contribution in [1.82, 2.24) is 10.2 Å². The summed E-state index contributed by atoms with van der Waals surface area (Å²) in [5, 5.41) is 3.82. The van der Waals surface area contributed by atoms with Crippen molar-refractivity contribution in [3.8, 4) is 0 Å². The number of hydrogen-bond acceptors (Lipinski definition) is 2. The Kier molecular flexibility index (Phi) is 6.65. The van der Waals surface area contributed by atoms with Gasteiger partial charge in [-0.2, -0.15) is 0 Å². The first-order valence-electron chi connectivity index (χ1n) is 8.06. The second kappa shape index (κ2) is 7.49. The zero-order chi connectivity index (χ0) is 13.6. The summed E-state index contributed by atoms with van der Waals surface area (Å²) in [4.78, 5) is 2.74. The fourth-order valence-corrected chi connectivity index (χ4v) is 3.28. The Balaban J connectivity index is 2.66. The van der Waals surface area contributed by atoms with Gasteiger partial charge in [0.15, 0.2) is 0 Å². The highest BCUT2D eigenvalue weighted by Gasteiger charge is 2.33. The van der Waals surface area contributed by atoms with Crippen LogP contribution >= 0.6 is 0 Å². The topological polar surface area (TPSA) is 15.3 Å². The Morgan fingerprint density at radius 1 is 1.28 bits per heavy atom. The third kappa shape index (κ3) is 4.24. The van der Waals surface area contributed by atoms with Crippen LogP contribution in [0, 0.1) is 5.92 Å². The van der Waals surface area contributed by atoms with Crippen molar-refractivity contribution in [2.24, 2.45) is 5.92 Å². The van der Waals surface area contributed by atoms with E-state index in [1.54, 1.807) is 0 Å². The molecular formula is C16H34N2. The third-order valence-electron chi connectivity index (χ3n) is 4.87. The van der Waals surface area contributed by atoms with Crippen LogP contribution in [0.1, 0.15) is 66.7 Å². The highest BCUT2D eigenvalue weighted by atomic mass is 15.2. The predicted octanol–water partition coefficient (Wildman–Crippen LogP) is 3.67. The van der Waals surface area contributed by atoms with Gasteiger partial charge in [0, 0.05) is 24.7 Å². The molecule has 0 aromatic heterocycles. The van der Waals surface area contributed by atoms with E-state index in [2.05, 4.69) is 44.8 Å². The lowest BCUT2D eigenvalue weighted by molar-refractivity contribution is 0.138. The maximum absolute atomic E-state index is 3.82. The molecule has 2 unspecified atom stereocenters. The van der Waals surface area contributed by atoms with Crippen molar-refractivity contribution in [1.29, 1.82) is 0 Å². The summed E-state index contributed by atoms with van der Waals surface area (Å²) >= 11 is 0. The van der Waals surface area contributed by atoms with E-state index in [-0.39, 0.29) is 0 Å². The molecule has 0 aromatic rings. The molecule has 18 heavy (non-hydrogen) atoms. The van der Waals surface area contributed by atoms with E-state index in [0.717, 1.165) is 12.0 Å². The van der Waals surface area contributed by atoms with E-state index in [0.29, 0.717) is 5.54 Å². The average molecular weight is 254 g/mol. The number of rotatable bonds is 6. The van der Waals surface area contributed by atoms with Crippen LogP contribution in [0.2, 0.25) is 0 Å². The lowest BCUT2D eigenvalue weighted by atomic mass is 9.91. The van der Waals surface area contributed by atoms with Gasteiger partial charge in [-0.1, -0.05) is 34.1 Å². The second-order valence-corrected chi connectivity index (χ2v) is 6.38. The van der Waals surface area contributed by atoms with Crippen molar-refractivity contribution >= 4 is 0 Å². The maximum atomic E-state index is 3.82. The minimum atomic E-state index is 0.358. The summed E-state index contributed by atoms with van der Waals surface area (Å²) in [5.41, 5.74) is 0.358. The third-order valence-corrected chi connectivity index (χ3v) is 4.87. The molecule has 0 saturated carbocycles. The molecule has 1 aliphatic rings. The molecule has 2 heteroatoms. The molecule has 1 N–H and O–H groups in total. The minimum Gasteiger partial charge on any atom is -0.310 e. The van der Waals surface area contributed by atoms with E-state index in [1.807, 2.05) is 0 Å². The van der Waals surface area contributed by atoms with Gasteiger partial charge in [0.1, 0.15) is 0 Å². The molecule has 2 atom stereocenters. The molecule has 1 saturated heterocycles. The molecule has 0 bridgehead atoms. The van der Waals surface area contributed by atoms with E-state index in [1.165, 1.54) is 51.7 Å². The highest BCUT2D eigenvalue weighted by molar-refractivity contribution is 4.93. The molecular weight excluding hydrogens is 220 g/mol. The average Bonchev–Trinajstić information content (AvgIpc) is 2.51.